The van der Waals surface area contributed by atoms with Crippen LogP contribution in [0.15, 0.2) is 36.1 Å². The molecule has 3 nitrogen and oxygen atoms in total. The molecule has 1 unspecified atom stereocenters. The maximum absolute atomic E-state index is 9.05. The number of rotatable bonds is 2. The van der Waals surface area contributed by atoms with Gasteiger partial charge in [-0.2, -0.15) is 5.26 Å². The lowest BCUT2D eigenvalue weighted by molar-refractivity contribution is 0.960. The molecule has 68 valence electrons. The number of hydrogen-bond acceptors (Lipinski definition) is 4. The number of aromatic nitrogens is 2. The number of thiophene rings is 1. The lowest BCUT2D eigenvalue weighted by atomic mass is 10.1. The molecule has 0 saturated heterocycles. The van der Waals surface area contributed by atoms with Crippen LogP contribution in [-0.2, 0) is 0 Å². The minimum Gasteiger partial charge on any atom is -0.245 e. The van der Waals surface area contributed by atoms with Crippen molar-refractivity contribution < 1.29 is 0 Å². The first-order valence-electron chi connectivity index (χ1n) is 4.11. The zero-order valence-corrected chi connectivity index (χ0v) is 8.11. The minimum atomic E-state index is -0.266. The summed E-state index contributed by atoms with van der Waals surface area (Å²) in [5.74, 6) is -0.266. The first-order chi connectivity index (χ1) is 6.92. The van der Waals surface area contributed by atoms with Gasteiger partial charge in [0.2, 0.25) is 0 Å². The molecule has 0 N–H and O–H groups in total. The molecule has 2 aromatic rings. The fourth-order valence-electron chi connectivity index (χ4n) is 1.20. The highest BCUT2D eigenvalue weighted by Gasteiger charge is 2.14. The lowest BCUT2D eigenvalue weighted by Crippen LogP contribution is -1.98. The molecular formula is C10H7N3S. The van der Waals surface area contributed by atoms with Gasteiger partial charge in [0.25, 0.3) is 0 Å². The molecule has 2 heterocycles. The topological polar surface area (TPSA) is 49.6 Å². The molecule has 0 radical (unpaired) electrons. The Kier molecular flexibility index (Phi) is 2.52. The number of hydrogen-bond donors (Lipinski definition) is 0. The van der Waals surface area contributed by atoms with E-state index in [4.69, 9.17) is 5.26 Å². The molecule has 0 aliphatic carbocycles. The van der Waals surface area contributed by atoms with E-state index < -0.39 is 0 Å². The molecule has 0 spiro atoms. The highest BCUT2D eigenvalue weighted by atomic mass is 32.1. The standard InChI is InChI=1S/C10H7N3S/c11-6-8(10-2-1-5-14-10)9-3-4-12-7-13-9/h1-5,7-8H. The fourth-order valence-corrected chi connectivity index (χ4v) is 1.98. The van der Waals surface area contributed by atoms with Gasteiger partial charge in [-0.25, -0.2) is 9.97 Å². The molecule has 0 aliphatic rings. The second-order valence-electron chi connectivity index (χ2n) is 2.71. The summed E-state index contributed by atoms with van der Waals surface area (Å²) in [5.41, 5.74) is 0.755. The Balaban J connectivity index is 2.38. The van der Waals surface area contributed by atoms with Gasteiger partial charge >= 0.3 is 0 Å². The average molecular weight is 201 g/mol. The Hall–Kier alpha value is -1.73. The van der Waals surface area contributed by atoms with Crippen LogP contribution in [0.4, 0.5) is 0 Å². The molecule has 0 aromatic carbocycles. The third-order valence-corrected chi connectivity index (χ3v) is 2.79. The first-order valence-corrected chi connectivity index (χ1v) is 4.98. The van der Waals surface area contributed by atoms with Crippen molar-refractivity contribution in [2.45, 2.75) is 5.92 Å². The maximum Gasteiger partial charge on any atom is 0.123 e. The van der Waals surface area contributed by atoms with Gasteiger partial charge in [0.1, 0.15) is 12.2 Å². The molecule has 1 atom stereocenters. The zero-order valence-electron chi connectivity index (χ0n) is 7.29. The predicted molar refractivity (Wildman–Crippen MR) is 53.8 cm³/mol. The van der Waals surface area contributed by atoms with Crippen LogP contribution in [0, 0.1) is 11.3 Å². The van der Waals surface area contributed by atoms with Gasteiger partial charge in [0.15, 0.2) is 0 Å². The molecule has 0 amide bonds. The Bertz CT molecular complexity index is 430. The highest BCUT2D eigenvalue weighted by Crippen LogP contribution is 2.25. The molecule has 2 aromatic heterocycles. The van der Waals surface area contributed by atoms with Gasteiger partial charge in [0.05, 0.1) is 11.8 Å². The zero-order chi connectivity index (χ0) is 9.80. The van der Waals surface area contributed by atoms with Gasteiger partial charge in [-0.05, 0) is 17.5 Å². The minimum absolute atomic E-state index is 0.266. The molecule has 2 rings (SSSR count). The van der Waals surface area contributed by atoms with Crippen molar-refractivity contribution in [3.63, 3.8) is 0 Å². The van der Waals surface area contributed by atoms with Gasteiger partial charge < -0.3 is 0 Å². The van der Waals surface area contributed by atoms with Crippen molar-refractivity contribution in [2.75, 3.05) is 0 Å². The molecule has 0 fully saturated rings. The van der Waals surface area contributed by atoms with Crippen LogP contribution in [0.2, 0.25) is 0 Å². The highest BCUT2D eigenvalue weighted by molar-refractivity contribution is 7.10. The summed E-state index contributed by atoms with van der Waals surface area (Å²) in [6.07, 6.45) is 3.12. The van der Waals surface area contributed by atoms with Gasteiger partial charge in [0, 0.05) is 11.1 Å². The molecular weight excluding hydrogens is 194 g/mol. The van der Waals surface area contributed by atoms with Gasteiger partial charge in [-0.3, -0.25) is 0 Å². The summed E-state index contributed by atoms with van der Waals surface area (Å²) in [6.45, 7) is 0. The third kappa shape index (κ3) is 1.63. The van der Waals surface area contributed by atoms with E-state index in [0.717, 1.165) is 10.6 Å². The largest absolute Gasteiger partial charge is 0.245 e. The normalized spacial score (nSPS) is 11.9. The molecule has 0 bridgehead atoms. The molecule has 4 heteroatoms. The van der Waals surface area contributed by atoms with Crippen LogP contribution in [0.1, 0.15) is 16.5 Å². The monoisotopic (exact) mass is 201 g/mol. The Morgan fingerprint density at radius 2 is 2.36 bits per heavy atom. The average Bonchev–Trinajstić information content (AvgIpc) is 2.74. The van der Waals surface area contributed by atoms with E-state index in [9.17, 15) is 0 Å². The summed E-state index contributed by atoms with van der Waals surface area (Å²) in [4.78, 5) is 8.92. The van der Waals surface area contributed by atoms with Crippen molar-refractivity contribution in [1.29, 1.82) is 5.26 Å². The van der Waals surface area contributed by atoms with E-state index >= 15 is 0 Å². The van der Waals surface area contributed by atoms with Crippen LogP contribution in [0.5, 0.6) is 0 Å². The van der Waals surface area contributed by atoms with E-state index in [-0.39, 0.29) is 5.92 Å². The van der Waals surface area contributed by atoms with E-state index in [1.807, 2.05) is 17.5 Å². The van der Waals surface area contributed by atoms with Crippen LogP contribution in [0.3, 0.4) is 0 Å². The second-order valence-corrected chi connectivity index (χ2v) is 3.69. The smallest absolute Gasteiger partial charge is 0.123 e. The first kappa shape index (κ1) is 8.85. The van der Waals surface area contributed by atoms with Crippen LogP contribution in [-0.4, -0.2) is 9.97 Å². The van der Waals surface area contributed by atoms with E-state index in [0.29, 0.717) is 0 Å². The summed E-state index contributed by atoms with van der Waals surface area (Å²) in [5, 5.41) is 11.0. The van der Waals surface area contributed by atoms with E-state index in [1.54, 1.807) is 23.6 Å². The van der Waals surface area contributed by atoms with Gasteiger partial charge in [-0.1, -0.05) is 6.07 Å². The quantitative estimate of drug-likeness (QED) is 0.748. The van der Waals surface area contributed by atoms with Crippen LogP contribution in [0.25, 0.3) is 0 Å². The number of nitriles is 1. The van der Waals surface area contributed by atoms with Crippen LogP contribution >= 0.6 is 11.3 Å². The van der Waals surface area contributed by atoms with Crippen molar-refractivity contribution in [3.05, 3.63) is 46.7 Å². The Morgan fingerprint density at radius 3 is 2.93 bits per heavy atom. The van der Waals surface area contributed by atoms with Crippen molar-refractivity contribution >= 4 is 11.3 Å². The summed E-state index contributed by atoms with van der Waals surface area (Å²) in [6, 6.07) is 7.89. The summed E-state index contributed by atoms with van der Waals surface area (Å²) in [7, 11) is 0. The SMILES string of the molecule is N#CC(c1ccncn1)c1cccs1. The third-order valence-electron chi connectivity index (χ3n) is 1.86. The van der Waals surface area contributed by atoms with Crippen LogP contribution < -0.4 is 0 Å². The van der Waals surface area contributed by atoms with Crippen molar-refractivity contribution in [3.8, 4) is 6.07 Å². The van der Waals surface area contributed by atoms with Gasteiger partial charge in [-0.15, -0.1) is 11.3 Å². The Labute approximate surface area is 85.7 Å². The van der Waals surface area contributed by atoms with E-state index in [1.165, 1.54) is 6.33 Å². The summed E-state index contributed by atoms with van der Waals surface area (Å²) < 4.78 is 0. The van der Waals surface area contributed by atoms with Crippen molar-refractivity contribution in [1.82, 2.24) is 9.97 Å². The van der Waals surface area contributed by atoms with Crippen molar-refractivity contribution in [2.24, 2.45) is 0 Å². The lowest BCUT2D eigenvalue weighted by Gasteiger charge is -2.04. The number of nitrogens with zero attached hydrogens (tertiary/aromatic N) is 3. The predicted octanol–water partition coefficient (Wildman–Crippen LogP) is 2.19. The molecule has 0 saturated carbocycles. The molecule has 14 heavy (non-hydrogen) atoms. The maximum atomic E-state index is 9.05. The second kappa shape index (κ2) is 3.99. The fraction of sp³-hybridized carbons (Fsp3) is 0.100. The van der Waals surface area contributed by atoms with E-state index in [2.05, 4.69) is 16.0 Å². The molecule has 0 aliphatic heterocycles. The summed E-state index contributed by atoms with van der Waals surface area (Å²) >= 11 is 1.57. The Morgan fingerprint density at radius 1 is 1.43 bits per heavy atom.